The summed E-state index contributed by atoms with van der Waals surface area (Å²) >= 11 is 0. The summed E-state index contributed by atoms with van der Waals surface area (Å²) in [7, 11) is 0. The lowest BCUT2D eigenvalue weighted by Gasteiger charge is -2.14. The molecule has 0 bridgehead atoms. The number of carbonyl (C=O) groups is 2. The van der Waals surface area contributed by atoms with Crippen molar-refractivity contribution >= 4 is 39.4 Å². The van der Waals surface area contributed by atoms with Crippen LogP contribution < -0.4 is 5.32 Å². The second kappa shape index (κ2) is 7.44. The van der Waals surface area contributed by atoms with Gasteiger partial charge in [-0.05, 0) is 48.0 Å². The Labute approximate surface area is 161 Å². The summed E-state index contributed by atoms with van der Waals surface area (Å²) in [5.74, 6) is -0.988. The number of aromatic nitrogens is 2. The van der Waals surface area contributed by atoms with E-state index < -0.39 is 18.0 Å². The second-order valence-electron chi connectivity index (χ2n) is 6.36. The quantitative estimate of drug-likeness (QED) is 0.549. The van der Waals surface area contributed by atoms with Crippen molar-refractivity contribution in [2.75, 3.05) is 5.32 Å². The van der Waals surface area contributed by atoms with Gasteiger partial charge < -0.3 is 10.1 Å². The Kier molecular flexibility index (Phi) is 4.68. The molecule has 0 unspecified atom stereocenters. The van der Waals surface area contributed by atoms with Crippen molar-refractivity contribution in [2.24, 2.45) is 0 Å². The topological polar surface area (TPSA) is 81.2 Å². The Balaban J connectivity index is 1.44. The first-order valence-electron chi connectivity index (χ1n) is 8.81. The molecular formula is C22H17N3O3. The maximum absolute atomic E-state index is 12.4. The van der Waals surface area contributed by atoms with Gasteiger partial charge in [-0.2, -0.15) is 0 Å². The Morgan fingerprint density at radius 2 is 1.64 bits per heavy atom. The van der Waals surface area contributed by atoms with Crippen molar-refractivity contribution in [3.63, 3.8) is 0 Å². The third-order valence-electron chi connectivity index (χ3n) is 4.38. The van der Waals surface area contributed by atoms with E-state index in [2.05, 4.69) is 15.3 Å². The number of nitrogens with zero attached hydrogens (tertiary/aromatic N) is 2. The molecular weight excluding hydrogens is 354 g/mol. The smallest absolute Gasteiger partial charge is 0.338 e. The molecule has 6 nitrogen and oxygen atoms in total. The van der Waals surface area contributed by atoms with Crippen LogP contribution in [0, 0.1) is 0 Å². The predicted octanol–water partition coefficient (Wildman–Crippen LogP) is 3.97. The third kappa shape index (κ3) is 3.66. The maximum atomic E-state index is 12.4. The molecule has 0 saturated carbocycles. The van der Waals surface area contributed by atoms with E-state index in [0.717, 1.165) is 10.8 Å². The maximum Gasteiger partial charge on any atom is 0.338 e. The van der Waals surface area contributed by atoms with Gasteiger partial charge in [-0.25, -0.2) is 4.79 Å². The van der Waals surface area contributed by atoms with E-state index in [4.69, 9.17) is 4.74 Å². The predicted molar refractivity (Wildman–Crippen MR) is 107 cm³/mol. The average Bonchev–Trinajstić information content (AvgIpc) is 2.73. The largest absolute Gasteiger partial charge is 0.449 e. The molecule has 4 aromatic rings. The molecule has 1 amide bonds. The van der Waals surface area contributed by atoms with Gasteiger partial charge in [0, 0.05) is 18.1 Å². The first kappa shape index (κ1) is 17.6. The summed E-state index contributed by atoms with van der Waals surface area (Å²) < 4.78 is 5.31. The summed E-state index contributed by atoms with van der Waals surface area (Å²) in [5.41, 5.74) is 2.23. The fourth-order valence-electron chi connectivity index (χ4n) is 2.88. The zero-order chi connectivity index (χ0) is 19.5. The summed E-state index contributed by atoms with van der Waals surface area (Å²) in [5, 5.41) is 4.88. The molecule has 138 valence electrons. The van der Waals surface area contributed by atoms with Crippen molar-refractivity contribution in [2.45, 2.75) is 13.0 Å². The Hall–Kier alpha value is -3.80. The lowest BCUT2D eigenvalue weighted by atomic mass is 10.1. The van der Waals surface area contributed by atoms with Crippen LogP contribution in [-0.2, 0) is 9.53 Å². The number of hydrogen-bond acceptors (Lipinski definition) is 5. The molecule has 1 heterocycles. The minimum absolute atomic E-state index is 0.318. The summed E-state index contributed by atoms with van der Waals surface area (Å²) in [4.78, 5) is 33.1. The number of ether oxygens (including phenoxy) is 1. The van der Waals surface area contributed by atoms with Crippen LogP contribution in [0.25, 0.3) is 21.8 Å². The normalized spacial score (nSPS) is 11.9. The number of fused-ring (bicyclic) bond motifs is 2. The molecule has 0 radical (unpaired) electrons. The number of hydrogen-bond donors (Lipinski definition) is 1. The SMILES string of the molecule is C[C@@H](OC(=O)c1ccc2nccnc2c1)C(=O)Nc1ccc2ccccc2c1. The highest BCUT2D eigenvalue weighted by molar-refractivity contribution is 5.99. The standard InChI is InChI=1S/C22H17N3O3/c1-14(21(26)25-18-8-6-15-4-2-3-5-16(15)12-18)28-22(27)17-7-9-19-20(13-17)24-11-10-23-19/h2-14H,1H3,(H,25,26)/t14-/m1/s1. The van der Waals surface area contributed by atoms with Crippen LogP contribution in [-0.4, -0.2) is 27.9 Å². The van der Waals surface area contributed by atoms with Gasteiger partial charge in [-0.15, -0.1) is 0 Å². The van der Waals surface area contributed by atoms with Crippen LogP contribution >= 0.6 is 0 Å². The lowest BCUT2D eigenvalue weighted by Crippen LogP contribution is -2.30. The highest BCUT2D eigenvalue weighted by atomic mass is 16.5. The molecule has 28 heavy (non-hydrogen) atoms. The fourth-order valence-corrected chi connectivity index (χ4v) is 2.88. The van der Waals surface area contributed by atoms with Gasteiger partial charge in [0.15, 0.2) is 6.10 Å². The third-order valence-corrected chi connectivity index (χ3v) is 4.38. The molecule has 0 spiro atoms. The molecule has 1 atom stereocenters. The van der Waals surface area contributed by atoms with Gasteiger partial charge in [0.2, 0.25) is 0 Å². The molecule has 1 aromatic heterocycles. The molecule has 0 aliphatic carbocycles. The Morgan fingerprint density at radius 3 is 2.46 bits per heavy atom. The molecule has 0 aliphatic rings. The number of benzene rings is 3. The summed E-state index contributed by atoms with van der Waals surface area (Å²) in [6.45, 7) is 1.54. The van der Waals surface area contributed by atoms with E-state index in [1.807, 2.05) is 42.5 Å². The number of carbonyl (C=O) groups excluding carboxylic acids is 2. The van der Waals surface area contributed by atoms with Crippen molar-refractivity contribution in [1.29, 1.82) is 0 Å². The number of anilines is 1. The molecule has 0 fully saturated rings. The van der Waals surface area contributed by atoms with Crippen molar-refractivity contribution in [1.82, 2.24) is 9.97 Å². The van der Waals surface area contributed by atoms with E-state index >= 15 is 0 Å². The van der Waals surface area contributed by atoms with Crippen LogP contribution in [0.15, 0.2) is 73.1 Å². The van der Waals surface area contributed by atoms with Crippen LogP contribution in [0.3, 0.4) is 0 Å². The van der Waals surface area contributed by atoms with Crippen LogP contribution in [0.5, 0.6) is 0 Å². The molecule has 3 aromatic carbocycles. The Morgan fingerprint density at radius 1 is 0.893 bits per heavy atom. The van der Waals surface area contributed by atoms with E-state index in [1.54, 1.807) is 30.6 Å². The average molecular weight is 371 g/mol. The zero-order valence-electron chi connectivity index (χ0n) is 15.1. The van der Waals surface area contributed by atoms with E-state index in [9.17, 15) is 9.59 Å². The van der Waals surface area contributed by atoms with Gasteiger partial charge >= 0.3 is 5.97 Å². The van der Waals surface area contributed by atoms with Crippen molar-refractivity contribution in [3.8, 4) is 0 Å². The molecule has 1 N–H and O–H groups in total. The molecule has 0 saturated heterocycles. The van der Waals surface area contributed by atoms with Crippen LogP contribution in [0.1, 0.15) is 17.3 Å². The zero-order valence-corrected chi connectivity index (χ0v) is 15.1. The highest BCUT2D eigenvalue weighted by Crippen LogP contribution is 2.19. The number of amides is 1. The van der Waals surface area contributed by atoms with Gasteiger partial charge in [0.05, 0.1) is 16.6 Å². The number of rotatable bonds is 4. The molecule has 6 heteroatoms. The monoisotopic (exact) mass is 371 g/mol. The Bertz CT molecular complexity index is 1190. The second-order valence-corrected chi connectivity index (χ2v) is 6.36. The van der Waals surface area contributed by atoms with Gasteiger partial charge in [0.1, 0.15) is 0 Å². The van der Waals surface area contributed by atoms with E-state index in [-0.39, 0.29) is 0 Å². The van der Waals surface area contributed by atoms with E-state index in [0.29, 0.717) is 22.3 Å². The number of nitrogens with one attached hydrogen (secondary N) is 1. The summed E-state index contributed by atoms with van der Waals surface area (Å²) in [6, 6.07) is 18.4. The molecule has 4 rings (SSSR count). The highest BCUT2D eigenvalue weighted by Gasteiger charge is 2.19. The van der Waals surface area contributed by atoms with Crippen molar-refractivity contribution < 1.29 is 14.3 Å². The van der Waals surface area contributed by atoms with Gasteiger partial charge in [-0.3, -0.25) is 14.8 Å². The van der Waals surface area contributed by atoms with Crippen LogP contribution in [0.4, 0.5) is 5.69 Å². The molecule has 0 aliphatic heterocycles. The first-order chi connectivity index (χ1) is 13.6. The van der Waals surface area contributed by atoms with Crippen molar-refractivity contribution in [3.05, 3.63) is 78.6 Å². The van der Waals surface area contributed by atoms with Gasteiger partial charge in [0.25, 0.3) is 5.91 Å². The summed E-state index contributed by atoms with van der Waals surface area (Å²) in [6.07, 6.45) is 2.19. The minimum atomic E-state index is -0.948. The lowest BCUT2D eigenvalue weighted by molar-refractivity contribution is -0.123. The fraction of sp³-hybridized carbons (Fsp3) is 0.0909. The van der Waals surface area contributed by atoms with E-state index in [1.165, 1.54) is 6.92 Å². The minimum Gasteiger partial charge on any atom is -0.449 e. The van der Waals surface area contributed by atoms with Crippen LogP contribution in [0.2, 0.25) is 0 Å². The first-order valence-corrected chi connectivity index (χ1v) is 8.81. The van der Waals surface area contributed by atoms with Gasteiger partial charge in [-0.1, -0.05) is 30.3 Å². The number of esters is 1.